The summed E-state index contributed by atoms with van der Waals surface area (Å²) in [6.07, 6.45) is 3.78. The number of amides is 1. The fraction of sp³-hybridized carbons (Fsp3) is 0.381. The van der Waals surface area contributed by atoms with Crippen molar-refractivity contribution in [2.45, 2.75) is 32.7 Å². The lowest BCUT2D eigenvalue weighted by atomic mass is 10.1. The summed E-state index contributed by atoms with van der Waals surface area (Å²) in [6, 6.07) is 9.59. The highest BCUT2D eigenvalue weighted by atomic mass is 19.2. The summed E-state index contributed by atoms with van der Waals surface area (Å²) >= 11 is 0. The molecule has 3 rings (SSSR count). The van der Waals surface area contributed by atoms with E-state index in [1.54, 1.807) is 0 Å². The van der Waals surface area contributed by atoms with Gasteiger partial charge in [-0.1, -0.05) is 18.6 Å². The number of piperidine rings is 1. The monoisotopic (exact) mass is 373 g/mol. The van der Waals surface area contributed by atoms with E-state index in [1.807, 2.05) is 19.1 Å². The maximum Gasteiger partial charge on any atom is 0.243 e. The molecule has 1 fully saturated rings. The van der Waals surface area contributed by atoms with E-state index in [0.29, 0.717) is 5.69 Å². The predicted molar refractivity (Wildman–Crippen MR) is 104 cm³/mol. The van der Waals surface area contributed by atoms with Crippen molar-refractivity contribution < 1.29 is 13.6 Å². The summed E-state index contributed by atoms with van der Waals surface area (Å²) in [4.78, 5) is 14.7. The first-order chi connectivity index (χ1) is 13.0. The minimum absolute atomic E-state index is 0.0269. The molecule has 4 nitrogen and oxygen atoms in total. The third-order valence-corrected chi connectivity index (χ3v) is 4.80. The SMILES string of the molecule is Cc1ccc(CN2CCCCC2)cc1NC(=O)CNc1ccc(F)c(F)c1. The number of likely N-dealkylation sites (tertiary alicyclic amines) is 1. The van der Waals surface area contributed by atoms with Gasteiger partial charge in [-0.15, -0.1) is 0 Å². The Morgan fingerprint density at radius 1 is 1.04 bits per heavy atom. The Bertz CT molecular complexity index is 804. The molecule has 1 amide bonds. The molecule has 0 bridgehead atoms. The molecule has 0 atom stereocenters. The highest BCUT2D eigenvalue weighted by Crippen LogP contribution is 2.20. The van der Waals surface area contributed by atoms with Crippen LogP contribution >= 0.6 is 0 Å². The summed E-state index contributed by atoms with van der Waals surface area (Å²) in [5.74, 6) is -2.09. The van der Waals surface area contributed by atoms with Crippen molar-refractivity contribution >= 4 is 17.3 Å². The smallest absolute Gasteiger partial charge is 0.243 e. The molecule has 1 saturated heterocycles. The second-order valence-corrected chi connectivity index (χ2v) is 7.02. The molecule has 0 aromatic heterocycles. The molecule has 2 aromatic carbocycles. The first-order valence-electron chi connectivity index (χ1n) is 9.32. The lowest BCUT2D eigenvalue weighted by molar-refractivity contribution is -0.114. The minimum Gasteiger partial charge on any atom is -0.376 e. The highest BCUT2D eigenvalue weighted by molar-refractivity contribution is 5.94. The van der Waals surface area contributed by atoms with Gasteiger partial charge in [-0.2, -0.15) is 0 Å². The van der Waals surface area contributed by atoms with Crippen molar-refractivity contribution in [3.8, 4) is 0 Å². The second kappa shape index (κ2) is 8.95. The van der Waals surface area contributed by atoms with Crippen LogP contribution in [0.15, 0.2) is 36.4 Å². The van der Waals surface area contributed by atoms with Crippen LogP contribution in [0.5, 0.6) is 0 Å². The topological polar surface area (TPSA) is 44.4 Å². The normalized spacial score (nSPS) is 14.8. The van der Waals surface area contributed by atoms with Crippen molar-refractivity contribution in [2.75, 3.05) is 30.3 Å². The van der Waals surface area contributed by atoms with Crippen molar-refractivity contribution in [3.05, 3.63) is 59.2 Å². The Kier molecular flexibility index (Phi) is 6.40. The molecule has 144 valence electrons. The zero-order valence-corrected chi connectivity index (χ0v) is 15.5. The first-order valence-corrected chi connectivity index (χ1v) is 9.32. The van der Waals surface area contributed by atoms with E-state index in [9.17, 15) is 13.6 Å². The van der Waals surface area contributed by atoms with Crippen LogP contribution in [0.2, 0.25) is 0 Å². The van der Waals surface area contributed by atoms with Gasteiger partial charge in [-0.25, -0.2) is 8.78 Å². The van der Waals surface area contributed by atoms with E-state index in [2.05, 4.69) is 21.6 Å². The molecule has 0 radical (unpaired) electrons. The zero-order valence-electron chi connectivity index (χ0n) is 15.5. The highest BCUT2D eigenvalue weighted by Gasteiger charge is 2.12. The maximum atomic E-state index is 13.2. The molecule has 1 heterocycles. The maximum absolute atomic E-state index is 13.2. The van der Waals surface area contributed by atoms with Gasteiger partial charge in [-0.05, 0) is 62.2 Å². The quantitative estimate of drug-likeness (QED) is 0.793. The van der Waals surface area contributed by atoms with Gasteiger partial charge in [0.25, 0.3) is 0 Å². The van der Waals surface area contributed by atoms with Gasteiger partial charge in [0.05, 0.1) is 6.54 Å². The molecule has 0 unspecified atom stereocenters. The van der Waals surface area contributed by atoms with Crippen LogP contribution in [-0.4, -0.2) is 30.4 Å². The molecule has 1 aliphatic heterocycles. The van der Waals surface area contributed by atoms with Crippen LogP contribution in [-0.2, 0) is 11.3 Å². The van der Waals surface area contributed by atoms with E-state index in [-0.39, 0.29) is 12.5 Å². The summed E-state index contributed by atoms with van der Waals surface area (Å²) in [7, 11) is 0. The van der Waals surface area contributed by atoms with Crippen LogP contribution in [0, 0.1) is 18.6 Å². The molecule has 0 spiro atoms. The average molecular weight is 373 g/mol. The van der Waals surface area contributed by atoms with Gasteiger partial charge in [0.1, 0.15) is 0 Å². The van der Waals surface area contributed by atoms with Crippen molar-refractivity contribution in [1.82, 2.24) is 4.90 Å². The van der Waals surface area contributed by atoms with E-state index >= 15 is 0 Å². The van der Waals surface area contributed by atoms with Crippen molar-refractivity contribution in [3.63, 3.8) is 0 Å². The summed E-state index contributed by atoms with van der Waals surface area (Å²) < 4.78 is 26.2. The van der Waals surface area contributed by atoms with Gasteiger partial charge in [0, 0.05) is 24.0 Å². The number of benzene rings is 2. The van der Waals surface area contributed by atoms with Crippen LogP contribution in [0.1, 0.15) is 30.4 Å². The molecule has 27 heavy (non-hydrogen) atoms. The van der Waals surface area contributed by atoms with Crippen molar-refractivity contribution in [1.29, 1.82) is 0 Å². The Balaban J connectivity index is 1.57. The number of carbonyl (C=O) groups is 1. The number of halogens is 2. The molecule has 1 aliphatic rings. The third-order valence-electron chi connectivity index (χ3n) is 4.80. The summed E-state index contributed by atoms with van der Waals surface area (Å²) in [5.41, 5.74) is 3.30. The number of nitrogens with zero attached hydrogens (tertiary/aromatic N) is 1. The Labute approximate surface area is 158 Å². The summed E-state index contributed by atoms with van der Waals surface area (Å²) in [6.45, 7) is 5.04. The number of hydrogen-bond acceptors (Lipinski definition) is 3. The number of aryl methyl sites for hydroxylation is 1. The molecular weight excluding hydrogens is 348 g/mol. The van der Waals surface area contributed by atoms with E-state index in [4.69, 9.17) is 0 Å². The number of rotatable bonds is 6. The van der Waals surface area contributed by atoms with E-state index in [1.165, 1.54) is 30.9 Å². The van der Waals surface area contributed by atoms with Gasteiger partial charge >= 0.3 is 0 Å². The van der Waals surface area contributed by atoms with E-state index in [0.717, 1.165) is 43.0 Å². The number of nitrogens with one attached hydrogen (secondary N) is 2. The van der Waals surface area contributed by atoms with Crippen LogP contribution in [0.25, 0.3) is 0 Å². The lowest BCUT2D eigenvalue weighted by Gasteiger charge is -2.26. The van der Waals surface area contributed by atoms with E-state index < -0.39 is 11.6 Å². The Hall–Kier alpha value is -2.47. The standard InChI is InChI=1S/C21H25F2N3O/c1-15-5-6-16(14-26-9-3-2-4-10-26)11-20(15)25-21(27)13-24-17-7-8-18(22)19(23)12-17/h5-8,11-12,24H,2-4,9-10,13-14H2,1H3,(H,25,27). The number of anilines is 2. The van der Waals surface area contributed by atoms with Crippen LogP contribution < -0.4 is 10.6 Å². The Morgan fingerprint density at radius 2 is 1.81 bits per heavy atom. The average Bonchev–Trinajstić information content (AvgIpc) is 2.66. The fourth-order valence-corrected chi connectivity index (χ4v) is 3.26. The molecule has 0 aliphatic carbocycles. The van der Waals surface area contributed by atoms with Crippen LogP contribution in [0.4, 0.5) is 20.2 Å². The third kappa shape index (κ3) is 5.50. The lowest BCUT2D eigenvalue weighted by Crippen LogP contribution is -2.29. The van der Waals surface area contributed by atoms with Gasteiger partial charge in [-0.3, -0.25) is 9.69 Å². The fourth-order valence-electron chi connectivity index (χ4n) is 3.26. The van der Waals surface area contributed by atoms with Crippen molar-refractivity contribution in [2.24, 2.45) is 0 Å². The molecular formula is C21H25F2N3O. The first kappa shape index (κ1) is 19.3. The minimum atomic E-state index is -0.943. The predicted octanol–water partition coefficient (Wildman–Crippen LogP) is 4.31. The Morgan fingerprint density at radius 3 is 2.56 bits per heavy atom. The molecule has 2 N–H and O–H groups in total. The van der Waals surface area contributed by atoms with Gasteiger partial charge in [0.15, 0.2) is 11.6 Å². The largest absolute Gasteiger partial charge is 0.376 e. The van der Waals surface area contributed by atoms with Gasteiger partial charge < -0.3 is 10.6 Å². The molecule has 6 heteroatoms. The summed E-state index contributed by atoms with van der Waals surface area (Å²) in [5, 5.41) is 5.70. The van der Waals surface area contributed by atoms with Crippen LogP contribution in [0.3, 0.4) is 0 Å². The van der Waals surface area contributed by atoms with Gasteiger partial charge in [0.2, 0.25) is 5.91 Å². The number of hydrogen-bond donors (Lipinski definition) is 2. The molecule has 2 aromatic rings. The molecule has 0 saturated carbocycles. The zero-order chi connectivity index (χ0) is 19.2. The second-order valence-electron chi connectivity index (χ2n) is 7.02. The number of carbonyl (C=O) groups excluding carboxylic acids is 1.